The molecule has 1 aromatic carbocycles. The fraction of sp³-hybridized carbons (Fsp3) is 0. The van der Waals surface area contributed by atoms with Crippen LogP contribution < -0.4 is 10.7 Å². The number of fused-ring (bicyclic) bond motifs is 1. The molecule has 6 nitrogen and oxygen atoms in total. The van der Waals surface area contributed by atoms with Gasteiger partial charge in [-0.25, -0.2) is 8.78 Å². The Hall–Kier alpha value is -2.68. The summed E-state index contributed by atoms with van der Waals surface area (Å²) < 4.78 is 26.8. The number of benzene rings is 1. The fourth-order valence-corrected chi connectivity index (χ4v) is 2.27. The summed E-state index contributed by atoms with van der Waals surface area (Å²) in [4.78, 5) is 26.6. The second-order valence-corrected chi connectivity index (χ2v) is 4.87. The molecule has 1 amide bonds. The van der Waals surface area contributed by atoms with Crippen molar-refractivity contribution in [1.82, 2.24) is 15.2 Å². The van der Waals surface area contributed by atoms with Gasteiger partial charge >= 0.3 is 0 Å². The van der Waals surface area contributed by atoms with Crippen molar-refractivity contribution in [2.45, 2.75) is 0 Å². The Morgan fingerprint density at radius 1 is 1.33 bits per heavy atom. The molecule has 0 spiro atoms. The highest BCUT2D eigenvalue weighted by Gasteiger charge is 2.17. The number of hydrogen-bond donors (Lipinski definition) is 2. The van der Waals surface area contributed by atoms with Crippen molar-refractivity contribution in [3.05, 3.63) is 51.3 Å². The van der Waals surface area contributed by atoms with Gasteiger partial charge in [0.2, 0.25) is 10.6 Å². The van der Waals surface area contributed by atoms with Crippen LogP contribution in [0.15, 0.2) is 28.6 Å². The molecular formula is C12H6F2N4O2S. The number of aromatic nitrogens is 3. The molecule has 2 N–H and O–H groups in total. The van der Waals surface area contributed by atoms with Crippen LogP contribution in [0.5, 0.6) is 0 Å². The lowest BCUT2D eigenvalue weighted by molar-refractivity contribution is 0.102. The molecule has 0 radical (unpaired) electrons. The number of carbonyl (C=O) groups excluding carboxylic acids is 1. The smallest absolute Gasteiger partial charge is 0.262 e. The van der Waals surface area contributed by atoms with Gasteiger partial charge in [0.25, 0.3) is 5.91 Å². The van der Waals surface area contributed by atoms with Gasteiger partial charge in [-0.2, -0.15) is 0 Å². The Balaban J connectivity index is 2.10. The molecule has 0 saturated heterocycles. The molecule has 21 heavy (non-hydrogen) atoms. The summed E-state index contributed by atoms with van der Waals surface area (Å²) in [7, 11) is 0. The molecule has 0 unspecified atom stereocenters. The van der Waals surface area contributed by atoms with Crippen molar-refractivity contribution in [2.75, 3.05) is 5.32 Å². The van der Waals surface area contributed by atoms with Gasteiger partial charge in [-0.3, -0.25) is 14.9 Å². The molecule has 2 heterocycles. The lowest BCUT2D eigenvalue weighted by Crippen LogP contribution is -2.22. The van der Waals surface area contributed by atoms with Crippen LogP contribution in [0.2, 0.25) is 0 Å². The fourth-order valence-electron chi connectivity index (χ4n) is 1.83. The van der Waals surface area contributed by atoms with E-state index in [1.165, 1.54) is 5.51 Å². The lowest BCUT2D eigenvalue weighted by Gasteiger charge is -2.04. The number of carbonyl (C=O) groups is 1. The second-order valence-electron chi connectivity index (χ2n) is 4.04. The van der Waals surface area contributed by atoms with E-state index in [1.54, 1.807) is 0 Å². The summed E-state index contributed by atoms with van der Waals surface area (Å²) >= 11 is 1.07. The number of H-pyrrole nitrogens is 1. The van der Waals surface area contributed by atoms with Crippen molar-refractivity contribution in [2.24, 2.45) is 0 Å². The monoisotopic (exact) mass is 308 g/mol. The van der Waals surface area contributed by atoms with E-state index in [1.807, 2.05) is 0 Å². The summed E-state index contributed by atoms with van der Waals surface area (Å²) in [5, 5.41) is 9.33. The summed E-state index contributed by atoms with van der Waals surface area (Å²) in [6.07, 6.45) is 1.10. The van der Waals surface area contributed by atoms with Crippen LogP contribution in [0.1, 0.15) is 10.4 Å². The Morgan fingerprint density at radius 2 is 2.14 bits per heavy atom. The molecular weight excluding hydrogens is 302 g/mol. The number of anilines is 1. The highest BCUT2D eigenvalue weighted by molar-refractivity contribution is 7.13. The molecule has 0 aliphatic carbocycles. The zero-order valence-corrected chi connectivity index (χ0v) is 11.0. The summed E-state index contributed by atoms with van der Waals surface area (Å²) in [6, 6.07) is 1.57. The number of rotatable bonds is 2. The molecule has 106 valence electrons. The SMILES string of the molecule is O=C(Nc1nncs1)c1c[nH]c2cc(F)cc(F)c2c1=O. The van der Waals surface area contributed by atoms with E-state index in [0.717, 1.165) is 23.6 Å². The minimum absolute atomic E-state index is 0.0232. The molecule has 0 aliphatic heterocycles. The normalized spacial score (nSPS) is 10.8. The van der Waals surface area contributed by atoms with Crippen molar-refractivity contribution < 1.29 is 13.6 Å². The van der Waals surface area contributed by atoms with Gasteiger partial charge in [0.15, 0.2) is 0 Å². The largest absolute Gasteiger partial charge is 0.360 e. The third kappa shape index (κ3) is 2.38. The van der Waals surface area contributed by atoms with Gasteiger partial charge in [-0.15, -0.1) is 10.2 Å². The molecule has 0 saturated carbocycles. The highest BCUT2D eigenvalue weighted by atomic mass is 32.1. The minimum Gasteiger partial charge on any atom is -0.360 e. The van der Waals surface area contributed by atoms with E-state index in [4.69, 9.17) is 0 Å². The van der Waals surface area contributed by atoms with Crippen LogP contribution >= 0.6 is 11.3 Å². The lowest BCUT2D eigenvalue weighted by atomic mass is 10.1. The van der Waals surface area contributed by atoms with Gasteiger partial charge in [0.05, 0.1) is 10.9 Å². The average Bonchev–Trinajstić information content (AvgIpc) is 2.90. The molecule has 3 rings (SSSR count). The maximum Gasteiger partial charge on any atom is 0.262 e. The molecule has 0 fully saturated rings. The third-order valence-electron chi connectivity index (χ3n) is 2.72. The number of amides is 1. The first-order valence-corrected chi connectivity index (χ1v) is 6.52. The van der Waals surface area contributed by atoms with Crippen LogP contribution in [0, 0.1) is 11.6 Å². The Morgan fingerprint density at radius 3 is 2.86 bits per heavy atom. The van der Waals surface area contributed by atoms with Crippen LogP contribution in [0.4, 0.5) is 13.9 Å². The molecule has 2 aromatic heterocycles. The first kappa shape index (κ1) is 13.3. The molecule has 0 atom stereocenters. The second kappa shape index (κ2) is 5.02. The number of nitrogens with zero attached hydrogens (tertiary/aromatic N) is 2. The Labute approximate surface area is 119 Å². The van der Waals surface area contributed by atoms with Crippen LogP contribution in [0.3, 0.4) is 0 Å². The van der Waals surface area contributed by atoms with E-state index in [-0.39, 0.29) is 21.6 Å². The summed E-state index contributed by atoms with van der Waals surface area (Å²) in [5.41, 5.74) is 0.249. The number of nitrogens with one attached hydrogen (secondary N) is 2. The molecule has 0 aliphatic rings. The minimum atomic E-state index is -1.03. The van der Waals surface area contributed by atoms with E-state index in [9.17, 15) is 18.4 Å². The van der Waals surface area contributed by atoms with Gasteiger partial charge in [-0.05, 0) is 6.07 Å². The molecule has 0 bridgehead atoms. The number of halogens is 2. The summed E-state index contributed by atoms with van der Waals surface area (Å²) in [5.74, 6) is -2.60. The zero-order chi connectivity index (χ0) is 15.0. The number of aromatic amines is 1. The van der Waals surface area contributed by atoms with E-state index >= 15 is 0 Å². The molecule has 3 aromatic rings. The van der Waals surface area contributed by atoms with E-state index < -0.39 is 23.0 Å². The van der Waals surface area contributed by atoms with Gasteiger partial charge in [0.1, 0.15) is 22.7 Å². The highest BCUT2D eigenvalue weighted by Crippen LogP contribution is 2.16. The average molecular weight is 308 g/mol. The van der Waals surface area contributed by atoms with Crippen molar-refractivity contribution in [3.8, 4) is 0 Å². The van der Waals surface area contributed by atoms with Crippen molar-refractivity contribution in [3.63, 3.8) is 0 Å². The van der Waals surface area contributed by atoms with Crippen molar-refractivity contribution >= 4 is 33.3 Å². The number of hydrogen-bond acceptors (Lipinski definition) is 5. The standard InChI is InChI=1S/C12H6F2N4O2S/c13-5-1-7(14)9-8(2-5)15-3-6(10(9)19)11(20)17-12-18-16-4-21-12/h1-4H,(H,15,19)(H,17,18,20). The van der Waals surface area contributed by atoms with E-state index in [2.05, 4.69) is 20.5 Å². The predicted molar refractivity (Wildman–Crippen MR) is 72.3 cm³/mol. The summed E-state index contributed by atoms with van der Waals surface area (Å²) in [6.45, 7) is 0. The maximum absolute atomic E-state index is 13.7. The van der Waals surface area contributed by atoms with Gasteiger partial charge in [0, 0.05) is 12.3 Å². The van der Waals surface area contributed by atoms with Gasteiger partial charge < -0.3 is 4.98 Å². The van der Waals surface area contributed by atoms with Crippen molar-refractivity contribution in [1.29, 1.82) is 0 Å². The first-order chi connectivity index (χ1) is 10.1. The Kier molecular flexibility index (Phi) is 3.18. The first-order valence-electron chi connectivity index (χ1n) is 5.64. The van der Waals surface area contributed by atoms with Crippen LogP contribution in [-0.2, 0) is 0 Å². The van der Waals surface area contributed by atoms with Crippen LogP contribution in [-0.4, -0.2) is 21.1 Å². The number of pyridine rings is 1. The maximum atomic E-state index is 13.7. The topological polar surface area (TPSA) is 87.7 Å². The van der Waals surface area contributed by atoms with E-state index in [0.29, 0.717) is 6.07 Å². The molecule has 9 heteroatoms. The predicted octanol–water partition coefficient (Wildman–Crippen LogP) is 1.91. The quantitative estimate of drug-likeness (QED) is 0.757. The van der Waals surface area contributed by atoms with Crippen LogP contribution in [0.25, 0.3) is 10.9 Å². The van der Waals surface area contributed by atoms with Gasteiger partial charge in [-0.1, -0.05) is 11.3 Å². The Bertz CT molecular complexity index is 892. The third-order valence-corrected chi connectivity index (χ3v) is 3.33. The zero-order valence-electron chi connectivity index (χ0n) is 10.2.